The van der Waals surface area contributed by atoms with Gasteiger partial charge in [-0.25, -0.2) is 9.59 Å². The molecule has 8 heteroatoms. The molecule has 1 aliphatic carbocycles. The van der Waals surface area contributed by atoms with Gasteiger partial charge in [-0.05, 0) is 123 Å². The molecule has 430 valence electrons. The Bertz CT molecular complexity index is 3470. The fourth-order valence-corrected chi connectivity index (χ4v) is 11.4. The van der Waals surface area contributed by atoms with Crippen LogP contribution in [0.5, 0.6) is 34.5 Å². The number of phenolic OH excluding ortho intramolecular Hbond substituents is 4. The topological polar surface area (TPSA) is 134 Å². The molecular formula is C74H86O8. The molecule has 0 radical (unpaired) electrons. The largest absolute Gasteiger partial charge is 0.507 e. The standard InChI is InChI=1S/C74H86O8/c1-69(2,3)53-29-41-23-42-30-54(70(4,5)6)32-44(62(42)76)25-46-34-56(72(10,11)12)36-48(64(46)78)27-50-38-58(74(16,17)18)40-52-28-51-39-57(73(13,14)15)37-49(65(51)81-67(79)59-21-19-20-22-60(59)68(80)82-66(50)52)26-47-35-55(71(7,8)9)33-45(63(47)77)24-43(31-53)61(41)75/h19-22,29-40,75-78H,23-28H2,1-18H3. The molecule has 7 aromatic rings. The minimum absolute atomic E-state index is 0.0385. The molecule has 0 fully saturated rings. The summed E-state index contributed by atoms with van der Waals surface area (Å²) in [6, 6.07) is 31.2. The number of fused-ring (bicyclic) bond motifs is 9. The second kappa shape index (κ2) is 20.8. The van der Waals surface area contributed by atoms with Crippen molar-refractivity contribution >= 4 is 11.9 Å². The summed E-state index contributed by atoms with van der Waals surface area (Å²) in [5, 5.41) is 51.0. The molecule has 8 nitrogen and oxygen atoms in total. The van der Waals surface area contributed by atoms with Gasteiger partial charge in [0.2, 0.25) is 0 Å². The summed E-state index contributed by atoms with van der Waals surface area (Å²) in [5.74, 6) is -0.489. The monoisotopic (exact) mass is 1100 g/mol. The zero-order chi connectivity index (χ0) is 60.1. The Morgan fingerprint density at radius 2 is 0.439 bits per heavy atom. The van der Waals surface area contributed by atoms with Crippen molar-refractivity contribution in [2.75, 3.05) is 0 Å². The predicted octanol–water partition coefficient (Wildman–Crippen LogP) is 16.9. The maximum Gasteiger partial charge on any atom is 0.344 e. The third kappa shape index (κ3) is 12.1. The lowest BCUT2D eigenvalue weighted by Crippen LogP contribution is -2.19. The Morgan fingerprint density at radius 1 is 0.280 bits per heavy atom. The molecule has 1 heterocycles. The number of esters is 2. The first-order chi connectivity index (χ1) is 37.8. The molecule has 0 aromatic heterocycles. The van der Waals surface area contributed by atoms with Crippen LogP contribution in [0.4, 0.5) is 0 Å². The minimum Gasteiger partial charge on any atom is -0.507 e. The zero-order valence-electron chi connectivity index (χ0n) is 51.9. The predicted molar refractivity (Wildman–Crippen MR) is 331 cm³/mol. The molecule has 1 aliphatic heterocycles. The molecule has 0 atom stereocenters. The van der Waals surface area contributed by atoms with Crippen molar-refractivity contribution in [2.24, 2.45) is 0 Å². The summed E-state index contributed by atoms with van der Waals surface area (Å²) in [6.07, 6.45) is 1.09. The maximum atomic E-state index is 14.9. The van der Waals surface area contributed by atoms with Gasteiger partial charge in [-0.2, -0.15) is 0 Å². The second-order valence-corrected chi connectivity index (χ2v) is 29.7. The number of carbonyl (C=O) groups is 2. The molecule has 2 aliphatic rings. The highest BCUT2D eigenvalue weighted by Gasteiger charge is 2.33. The van der Waals surface area contributed by atoms with Gasteiger partial charge in [0.05, 0.1) is 11.1 Å². The molecule has 7 aromatic carbocycles. The quantitative estimate of drug-likeness (QED) is 0.0872. The number of benzene rings is 7. The first kappa shape index (κ1) is 59.3. The lowest BCUT2D eigenvalue weighted by Gasteiger charge is -2.27. The van der Waals surface area contributed by atoms with E-state index in [1.165, 1.54) is 0 Å². The summed E-state index contributed by atoms with van der Waals surface area (Å²) < 4.78 is 13.4. The Kier molecular flexibility index (Phi) is 15.1. The van der Waals surface area contributed by atoms with Crippen LogP contribution in [0.3, 0.4) is 0 Å². The molecule has 0 saturated heterocycles. The number of aromatic hydroxyl groups is 4. The van der Waals surface area contributed by atoms with Crippen molar-refractivity contribution in [1.82, 2.24) is 0 Å². The molecule has 0 saturated carbocycles. The van der Waals surface area contributed by atoms with Gasteiger partial charge in [-0.3, -0.25) is 0 Å². The van der Waals surface area contributed by atoms with Gasteiger partial charge in [0.1, 0.15) is 34.5 Å². The first-order valence-corrected chi connectivity index (χ1v) is 29.1. The molecule has 0 unspecified atom stereocenters. The molecule has 0 spiro atoms. The van der Waals surface area contributed by atoms with Gasteiger partial charge in [-0.1, -0.05) is 210 Å². The highest BCUT2D eigenvalue weighted by molar-refractivity contribution is 6.04. The van der Waals surface area contributed by atoms with Crippen molar-refractivity contribution < 1.29 is 39.5 Å². The lowest BCUT2D eigenvalue weighted by atomic mass is 9.79. The Labute approximate surface area is 487 Å². The van der Waals surface area contributed by atoms with Crippen molar-refractivity contribution in [3.63, 3.8) is 0 Å². The number of ether oxygens (including phenoxy) is 2. The number of hydrogen-bond donors (Lipinski definition) is 4. The van der Waals surface area contributed by atoms with Crippen molar-refractivity contribution in [3.05, 3.63) is 208 Å². The van der Waals surface area contributed by atoms with Crippen LogP contribution in [-0.2, 0) is 71.0 Å². The van der Waals surface area contributed by atoms with Crippen LogP contribution in [0.25, 0.3) is 0 Å². The summed E-state index contributed by atoms with van der Waals surface area (Å²) in [6.45, 7) is 38.6. The van der Waals surface area contributed by atoms with Gasteiger partial charge >= 0.3 is 11.9 Å². The molecule has 0 amide bonds. The summed E-state index contributed by atoms with van der Waals surface area (Å²) in [5.41, 5.74) is 11.5. The highest BCUT2D eigenvalue weighted by Crippen LogP contribution is 2.46. The van der Waals surface area contributed by atoms with E-state index in [1.54, 1.807) is 24.3 Å². The van der Waals surface area contributed by atoms with Crippen molar-refractivity contribution in [1.29, 1.82) is 0 Å². The molecule has 14 bridgehead atoms. The van der Waals surface area contributed by atoms with E-state index in [9.17, 15) is 30.0 Å². The maximum absolute atomic E-state index is 14.9. The highest BCUT2D eigenvalue weighted by atomic mass is 16.5. The number of rotatable bonds is 0. The Morgan fingerprint density at radius 3 is 0.622 bits per heavy atom. The van der Waals surface area contributed by atoms with E-state index in [0.29, 0.717) is 78.3 Å². The average Bonchev–Trinajstić information content (AvgIpc) is 2.55. The Balaban J connectivity index is 1.43. The smallest absolute Gasteiger partial charge is 0.344 e. The van der Waals surface area contributed by atoms with E-state index in [1.807, 2.05) is 48.5 Å². The van der Waals surface area contributed by atoms with Crippen LogP contribution < -0.4 is 9.47 Å². The number of phenols is 4. The molecule has 82 heavy (non-hydrogen) atoms. The van der Waals surface area contributed by atoms with E-state index < -0.39 is 22.8 Å². The van der Waals surface area contributed by atoms with E-state index in [4.69, 9.17) is 9.47 Å². The normalized spacial score (nSPS) is 14.6. The van der Waals surface area contributed by atoms with Gasteiger partial charge in [0, 0.05) is 60.8 Å². The van der Waals surface area contributed by atoms with Crippen LogP contribution in [0.15, 0.2) is 97.1 Å². The van der Waals surface area contributed by atoms with Crippen molar-refractivity contribution in [2.45, 2.75) is 196 Å². The van der Waals surface area contributed by atoms with E-state index in [-0.39, 0.29) is 94.3 Å². The Hall–Kier alpha value is -7.32. The SMILES string of the molecule is CC(C)(C)c1cc2c(O)c(c1)Cc1cc(C(C)(C)C)cc(c1O)Cc1cc(C(C)(C)C)cc3c1OC(=O)c1ccccc1C(=O)Oc1c(cc(C(C)(C)C)cc1C3)Cc1cc(C(C)(C)C)cc(c1O)Cc1cc(C(C)(C)C)cc(c1O)C2. The van der Waals surface area contributed by atoms with E-state index in [0.717, 1.165) is 33.4 Å². The van der Waals surface area contributed by atoms with E-state index in [2.05, 4.69) is 149 Å². The lowest BCUT2D eigenvalue weighted by molar-refractivity contribution is 0.0691. The summed E-state index contributed by atoms with van der Waals surface area (Å²) in [4.78, 5) is 29.9. The molecule has 9 rings (SSSR count). The fraction of sp³-hybridized carbons (Fsp3) is 0.405. The summed E-state index contributed by atoms with van der Waals surface area (Å²) in [7, 11) is 0. The first-order valence-electron chi connectivity index (χ1n) is 29.1. The van der Waals surface area contributed by atoms with Crippen LogP contribution in [0, 0.1) is 0 Å². The third-order valence-corrected chi connectivity index (χ3v) is 16.8. The second-order valence-electron chi connectivity index (χ2n) is 29.7. The molecular weight excluding hydrogens is 1020 g/mol. The van der Waals surface area contributed by atoms with Gasteiger partial charge in [0.25, 0.3) is 0 Å². The van der Waals surface area contributed by atoms with Crippen LogP contribution in [0.2, 0.25) is 0 Å². The third-order valence-electron chi connectivity index (χ3n) is 16.8. The zero-order valence-corrected chi connectivity index (χ0v) is 51.9. The summed E-state index contributed by atoms with van der Waals surface area (Å²) >= 11 is 0. The minimum atomic E-state index is -0.724. The van der Waals surface area contributed by atoms with Crippen LogP contribution in [0.1, 0.15) is 245 Å². The van der Waals surface area contributed by atoms with Gasteiger partial charge < -0.3 is 29.9 Å². The number of hydrogen-bond acceptors (Lipinski definition) is 8. The van der Waals surface area contributed by atoms with Crippen molar-refractivity contribution in [3.8, 4) is 34.5 Å². The van der Waals surface area contributed by atoms with Gasteiger partial charge in [-0.15, -0.1) is 0 Å². The fourth-order valence-electron chi connectivity index (χ4n) is 11.4. The average molecular weight is 1100 g/mol. The van der Waals surface area contributed by atoms with Gasteiger partial charge in [0.15, 0.2) is 0 Å². The van der Waals surface area contributed by atoms with Crippen LogP contribution in [-0.4, -0.2) is 32.4 Å². The van der Waals surface area contributed by atoms with E-state index >= 15 is 0 Å². The molecule has 4 N–H and O–H groups in total. The number of carbonyl (C=O) groups excluding carboxylic acids is 2. The van der Waals surface area contributed by atoms with Crippen LogP contribution >= 0.6 is 0 Å².